The van der Waals surface area contributed by atoms with Gasteiger partial charge in [0, 0.05) is 0 Å². The van der Waals surface area contributed by atoms with Crippen LogP contribution in [0.4, 0.5) is 0 Å². The van der Waals surface area contributed by atoms with E-state index >= 15 is 0 Å². The van der Waals surface area contributed by atoms with E-state index in [1.54, 1.807) is 0 Å². The summed E-state index contributed by atoms with van der Waals surface area (Å²) in [4.78, 5) is 0. The Hall–Kier alpha value is -0.440. The van der Waals surface area contributed by atoms with Crippen LogP contribution in [0.1, 0.15) is 0 Å². The van der Waals surface area contributed by atoms with Crippen LogP contribution in [0.3, 0.4) is 0 Å². The minimum absolute atomic E-state index is 0.704. The van der Waals surface area contributed by atoms with E-state index in [0.29, 0.717) is 0 Å². The molecule has 2 unspecified atom stereocenters. The highest BCUT2D eigenvalue weighted by Crippen LogP contribution is 2.29. The summed E-state index contributed by atoms with van der Waals surface area (Å²) >= 11 is 0. The summed E-state index contributed by atoms with van der Waals surface area (Å²) in [7, 11) is 0. The Labute approximate surface area is 130 Å². The third-order valence-electron chi connectivity index (χ3n) is 4.21. The van der Waals surface area contributed by atoms with Crippen LogP contribution in [0.2, 0.25) is 0 Å². The van der Waals surface area contributed by atoms with E-state index in [0.717, 1.165) is 0 Å². The molecule has 1 aliphatic carbocycles. The third-order valence-corrected chi connectivity index (χ3v) is 4.21. The Morgan fingerprint density at radius 2 is 1.04 bits per heavy atom. The zero-order valence-corrected chi connectivity index (χ0v) is 11.9. The van der Waals surface area contributed by atoms with Gasteiger partial charge in [-0.2, -0.15) is 0 Å². The molecule has 11 heteroatoms. The number of ether oxygens (including phenoxy) is 2. The molecule has 0 aromatic heterocycles. The second-order valence-corrected chi connectivity index (χ2v) is 5.75. The first-order valence-corrected chi connectivity index (χ1v) is 7.07. The van der Waals surface area contributed by atoms with Gasteiger partial charge in [-0.05, 0) is 0 Å². The molecule has 0 aromatic carbocycles. The first kappa shape index (κ1) is 18.9. The lowest BCUT2D eigenvalue weighted by molar-refractivity contribution is -0.339. The molecule has 9 N–H and O–H groups in total. The Bertz CT molecular complexity index is 377. The highest BCUT2D eigenvalue weighted by Gasteiger charge is 2.52. The summed E-state index contributed by atoms with van der Waals surface area (Å²) in [6.07, 6.45) is -18.9. The molecule has 0 radical (unpaired) electrons. The monoisotopic (exact) mass is 342 g/mol. The summed E-state index contributed by atoms with van der Waals surface area (Å²) in [5.74, 6) is 0. The molecule has 2 rings (SSSR count). The van der Waals surface area contributed by atoms with Crippen LogP contribution in [-0.2, 0) is 9.47 Å². The Morgan fingerprint density at radius 3 is 1.52 bits per heavy atom. The quantitative estimate of drug-likeness (QED) is 0.236. The lowest BCUT2D eigenvalue weighted by Crippen LogP contribution is -2.67. The van der Waals surface area contributed by atoms with E-state index in [1.807, 2.05) is 0 Å². The maximum absolute atomic E-state index is 9.85. The Kier molecular flexibility index (Phi) is 5.92. The van der Waals surface area contributed by atoms with Crippen molar-refractivity contribution < 1.29 is 55.4 Å². The van der Waals surface area contributed by atoms with Crippen molar-refractivity contribution in [1.29, 1.82) is 0 Å². The zero-order chi connectivity index (χ0) is 17.5. The molecule has 136 valence electrons. The molecule has 1 saturated carbocycles. The SMILES string of the molecule is OC[C@H]1O[C@H](OC2[C@@H](O)[C@H](O)C(O)[C@H](O)[C@H]2O)[C@@H](O)[C@@H](O)[C@@H]1O. The largest absolute Gasteiger partial charge is 0.394 e. The van der Waals surface area contributed by atoms with Crippen molar-refractivity contribution in [2.75, 3.05) is 6.61 Å². The highest BCUT2D eigenvalue weighted by atomic mass is 16.7. The van der Waals surface area contributed by atoms with Crippen LogP contribution >= 0.6 is 0 Å². The smallest absolute Gasteiger partial charge is 0.187 e. The normalized spacial score (nSPS) is 54.9. The van der Waals surface area contributed by atoms with Crippen LogP contribution < -0.4 is 0 Å². The summed E-state index contributed by atoms with van der Waals surface area (Å²) < 4.78 is 10.2. The molecule has 11 atom stereocenters. The molecule has 0 aromatic rings. The molecule has 1 heterocycles. The average Bonchev–Trinajstić information content (AvgIpc) is 2.54. The van der Waals surface area contributed by atoms with Crippen molar-refractivity contribution >= 4 is 0 Å². The number of aliphatic hydroxyl groups is 9. The molecule has 23 heavy (non-hydrogen) atoms. The maximum Gasteiger partial charge on any atom is 0.187 e. The molecule has 1 aliphatic heterocycles. The fourth-order valence-corrected chi connectivity index (χ4v) is 2.69. The fourth-order valence-electron chi connectivity index (χ4n) is 2.69. The molecule has 2 aliphatic rings. The van der Waals surface area contributed by atoms with Crippen LogP contribution in [0, 0.1) is 0 Å². The lowest BCUT2D eigenvalue weighted by Gasteiger charge is -2.45. The predicted molar refractivity (Wildman–Crippen MR) is 68.7 cm³/mol. The number of aliphatic hydroxyl groups excluding tert-OH is 9. The van der Waals surface area contributed by atoms with Gasteiger partial charge in [0.25, 0.3) is 0 Å². The fraction of sp³-hybridized carbons (Fsp3) is 1.00. The summed E-state index contributed by atoms with van der Waals surface area (Å²) in [6, 6.07) is 0. The molecule has 1 saturated heterocycles. The molecule has 0 spiro atoms. The molecule has 11 nitrogen and oxygen atoms in total. The summed E-state index contributed by atoms with van der Waals surface area (Å²) in [5, 5.41) is 86.6. The van der Waals surface area contributed by atoms with Crippen molar-refractivity contribution in [3.05, 3.63) is 0 Å². The van der Waals surface area contributed by atoms with Gasteiger partial charge in [-0.15, -0.1) is 0 Å². The minimum Gasteiger partial charge on any atom is -0.394 e. The third kappa shape index (κ3) is 3.36. The van der Waals surface area contributed by atoms with Crippen molar-refractivity contribution in [3.63, 3.8) is 0 Å². The van der Waals surface area contributed by atoms with Gasteiger partial charge in [0.1, 0.15) is 61.0 Å². The van der Waals surface area contributed by atoms with Crippen LogP contribution in [-0.4, -0.2) is 120 Å². The van der Waals surface area contributed by atoms with Gasteiger partial charge >= 0.3 is 0 Å². The summed E-state index contributed by atoms with van der Waals surface area (Å²) in [5.41, 5.74) is 0. The maximum atomic E-state index is 9.85. The van der Waals surface area contributed by atoms with Gasteiger partial charge in [-0.1, -0.05) is 0 Å². The first-order valence-electron chi connectivity index (χ1n) is 7.07. The van der Waals surface area contributed by atoms with Gasteiger partial charge in [-0.3, -0.25) is 0 Å². The van der Waals surface area contributed by atoms with Crippen molar-refractivity contribution in [1.82, 2.24) is 0 Å². The number of hydrogen-bond acceptors (Lipinski definition) is 11. The molecule has 2 fully saturated rings. The van der Waals surface area contributed by atoms with E-state index < -0.39 is 73.9 Å². The first-order chi connectivity index (χ1) is 10.7. The lowest BCUT2D eigenvalue weighted by atomic mass is 9.84. The molecular weight excluding hydrogens is 320 g/mol. The number of rotatable bonds is 3. The van der Waals surface area contributed by atoms with Gasteiger partial charge in [0.2, 0.25) is 0 Å². The van der Waals surface area contributed by atoms with E-state index in [4.69, 9.17) is 14.6 Å². The second-order valence-electron chi connectivity index (χ2n) is 5.75. The van der Waals surface area contributed by atoms with Gasteiger partial charge in [0.05, 0.1) is 6.61 Å². The highest BCUT2D eigenvalue weighted by molar-refractivity contribution is 5.00. The average molecular weight is 342 g/mol. The van der Waals surface area contributed by atoms with Crippen molar-refractivity contribution in [2.45, 2.75) is 67.3 Å². The van der Waals surface area contributed by atoms with Gasteiger partial charge in [0.15, 0.2) is 6.29 Å². The van der Waals surface area contributed by atoms with E-state index in [9.17, 15) is 40.9 Å². The van der Waals surface area contributed by atoms with Crippen LogP contribution in [0.15, 0.2) is 0 Å². The van der Waals surface area contributed by atoms with E-state index in [-0.39, 0.29) is 0 Å². The summed E-state index contributed by atoms with van der Waals surface area (Å²) in [6.45, 7) is -0.704. The molecule has 0 amide bonds. The predicted octanol–water partition coefficient (Wildman–Crippen LogP) is -6.01. The minimum atomic E-state index is -1.83. The standard InChI is InChI=1S/C12H22O11/c13-1-2-3(14)4(15)10(21)12(22-2)23-11-8(19)6(17)5(16)7(18)9(11)20/h2-21H,1H2/t2-,3-,4+,5?,6-,7+,8+,9-,10+,11?,12-/m1/s1. The van der Waals surface area contributed by atoms with E-state index in [2.05, 4.69) is 0 Å². The van der Waals surface area contributed by atoms with E-state index in [1.165, 1.54) is 0 Å². The molecule has 0 bridgehead atoms. The Morgan fingerprint density at radius 1 is 0.609 bits per heavy atom. The van der Waals surface area contributed by atoms with Gasteiger partial charge in [-0.25, -0.2) is 0 Å². The topological polar surface area (TPSA) is 201 Å². The molecular formula is C12H22O11. The van der Waals surface area contributed by atoms with Crippen molar-refractivity contribution in [3.8, 4) is 0 Å². The number of hydrogen-bond donors (Lipinski definition) is 9. The zero-order valence-electron chi connectivity index (χ0n) is 11.9. The van der Waals surface area contributed by atoms with Crippen LogP contribution in [0.5, 0.6) is 0 Å². The van der Waals surface area contributed by atoms with Crippen molar-refractivity contribution in [2.24, 2.45) is 0 Å². The van der Waals surface area contributed by atoms with Crippen LogP contribution in [0.25, 0.3) is 0 Å². The second kappa shape index (κ2) is 7.21. The van der Waals surface area contributed by atoms with Gasteiger partial charge < -0.3 is 55.4 Å². The Balaban J connectivity index is 2.13.